The van der Waals surface area contributed by atoms with Gasteiger partial charge >= 0.3 is 0 Å². The van der Waals surface area contributed by atoms with Crippen LogP contribution in [0.2, 0.25) is 0 Å². The third kappa shape index (κ3) is 2.44. The lowest BCUT2D eigenvalue weighted by Gasteiger charge is -2.45. The van der Waals surface area contributed by atoms with Crippen LogP contribution < -0.4 is 10.5 Å². The van der Waals surface area contributed by atoms with Gasteiger partial charge in [-0.2, -0.15) is 0 Å². The highest BCUT2D eigenvalue weighted by molar-refractivity contribution is 7.99. The first kappa shape index (κ1) is 14.5. The van der Waals surface area contributed by atoms with Crippen LogP contribution in [0.4, 0.5) is 4.39 Å². The average Bonchev–Trinajstić information content (AvgIpc) is 2.60. The summed E-state index contributed by atoms with van der Waals surface area (Å²) in [5.74, 6) is 0.151. The molecule has 1 unspecified atom stereocenters. The van der Waals surface area contributed by atoms with Crippen LogP contribution in [0, 0.1) is 5.82 Å². The molecule has 1 aromatic carbocycles. The number of benzene rings is 1. The topological polar surface area (TPSA) is 70.7 Å². The lowest BCUT2D eigenvalue weighted by atomic mass is 9.94. The Kier molecular flexibility index (Phi) is 3.49. The highest BCUT2D eigenvalue weighted by Crippen LogP contribution is 2.35. The lowest BCUT2D eigenvalue weighted by Crippen LogP contribution is -2.60. The van der Waals surface area contributed by atoms with E-state index in [0.717, 1.165) is 12.8 Å². The van der Waals surface area contributed by atoms with E-state index in [1.807, 2.05) is 0 Å². The van der Waals surface area contributed by atoms with Crippen molar-refractivity contribution in [3.05, 3.63) is 35.6 Å². The molecule has 0 bridgehead atoms. The van der Waals surface area contributed by atoms with Crippen LogP contribution in [0.1, 0.15) is 25.3 Å². The molecule has 0 saturated carbocycles. The molecule has 0 aromatic heterocycles. The van der Waals surface area contributed by atoms with Gasteiger partial charge in [0.15, 0.2) is 0 Å². The molecule has 5 nitrogen and oxygen atoms in total. The van der Waals surface area contributed by atoms with Crippen molar-refractivity contribution >= 4 is 16.3 Å². The van der Waals surface area contributed by atoms with Gasteiger partial charge in [0.1, 0.15) is 11.4 Å². The van der Waals surface area contributed by atoms with Gasteiger partial charge in [-0.15, -0.1) is 0 Å². The zero-order chi connectivity index (χ0) is 15.1. The van der Waals surface area contributed by atoms with Crippen molar-refractivity contribution in [2.75, 3.05) is 18.8 Å². The summed E-state index contributed by atoms with van der Waals surface area (Å²) in [5, 5.41) is 0. The van der Waals surface area contributed by atoms with Crippen LogP contribution in [0.3, 0.4) is 0 Å². The highest BCUT2D eigenvalue weighted by atomic mass is 32.3. The number of nitrogens with zero attached hydrogens (tertiary/aromatic N) is 2. The van der Waals surface area contributed by atoms with E-state index in [2.05, 4.69) is 9.71 Å². The standard InChI is InChI=1S/C14H21FN4OS/c1-14(11-6-2-3-7-12(11)15)10-21(20)17-8-4-5-9-19(21)13(16)18-14/h2-3,6-7,21H,4-5,8-10H2,1H3,(H2,16,18)(H,17,20). The molecule has 3 N–H and O–H groups in total. The van der Waals surface area contributed by atoms with Crippen LogP contribution in [0.5, 0.6) is 0 Å². The number of hydrogen-bond donors (Lipinski definition) is 3. The maximum Gasteiger partial charge on any atom is 0.203 e. The third-order valence-corrected chi connectivity index (χ3v) is 7.09. The second-order valence-corrected chi connectivity index (χ2v) is 8.34. The molecule has 2 aliphatic rings. The van der Waals surface area contributed by atoms with Gasteiger partial charge in [0, 0.05) is 29.0 Å². The second kappa shape index (κ2) is 5.06. The van der Waals surface area contributed by atoms with E-state index in [9.17, 15) is 8.60 Å². The minimum Gasteiger partial charge on any atom is -0.369 e. The summed E-state index contributed by atoms with van der Waals surface area (Å²) in [6, 6.07) is 6.48. The van der Waals surface area contributed by atoms with Crippen molar-refractivity contribution in [1.82, 2.24) is 9.03 Å². The molecule has 3 rings (SSSR count). The van der Waals surface area contributed by atoms with Crippen molar-refractivity contribution in [2.24, 2.45) is 10.7 Å². The Balaban J connectivity index is 2.08. The SMILES string of the molecule is CC1(c2ccccc2F)C[SH]2(=O)NCCCCN2C(N)=N1. The number of nitrogens with two attached hydrogens (primary N) is 1. The summed E-state index contributed by atoms with van der Waals surface area (Å²) < 4.78 is 32.2. The van der Waals surface area contributed by atoms with Crippen LogP contribution in [-0.2, 0) is 15.8 Å². The van der Waals surface area contributed by atoms with Crippen molar-refractivity contribution in [2.45, 2.75) is 25.3 Å². The third-order valence-electron chi connectivity index (χ3n) is 4.15. The first-order valence-electron chi connectivity index (χ1n) is 7.17. The molecule has 1 fully saturated rings. The first-order chi connectivity index (χ1) is 9.95. The van der Waals surface area contributed by atoms with Crippen molar-refractivity contribution in [3.8, 4) is 0 Å². The van der Waals surface area contributed by atoms with E-state index in [1.54, 1.807) is 29.4 Å². The number of aliphatic imine (C=N–C) groups is 1. The Morgan fingerprint density at radius 1 is 1.43 bits per heavy atom. The second-order valence-electron chi connectivity index (χ2n) is 5.82. The fourth-order valence-corrected chi connectivity index (χ4v) is 5.99. The normalized spacial score (nSPS) is 30.0. The van der Waals surface area contributed by atoms with E-state index < -0.39 is 15.8 Å². The fraction of sp³-hybridized carbons (Fsp3) is 0.500. The molecule has 21 heavy (non-hydrogen) atoms. The quantitative estimate of drug-likeness (QED) is 0.674. The molecular formula is C14H21FN4OS. The van der Waals surface area contributed by atoms with Crippen LogP contribution in [0.15, 0.2) is 29.3 Å². The van der Waals surface area contributed by atoms with Crippen molar-refractivity contribution in [3.63, 3.8) is 0 Å². The van der Waals surface area contributed by atoms with Gasteiger partial charge in [0.25, 0.3) is 0 Å². The Morgan fingerprint density at radius 3 is 2.95 bits per heavy atom. The molecular weight excluding hydrogens is 291 g/mol. The Labute approximate surface area is 125 Å². The van der Waals surface area contributed by atoms with Crippen molar-refractivity contribution in [1.29, 1.82) is 0 Å². The molecule has 0 aliphatic carbocycles. The minimum absolute atomic E-state index is 0.240. The van der Waals surface area contributed by atoms with E-state index in [4.69, 9.17) is 5.73 Å². The summed E-state index contributed by atoms with van der Waals surface area (Å²) in [7, 11) is -2.86. The van der Waals surface area contributed by atoms with Gasteiger partial charge < -0.3 is 5.73 Å². The summed E-state index contributed by atoms with van der Waals surface area (Å²) in [6.07, 6.45) is 1.87. The summed E-state index contributed by atoms with van der Waals surface area (Å²) >= 11 is 0. The maximum absolute atomic E-state index is 14.1. The minimum atomic E-state index is -2.86. The van der Waals surface area contributed by atoms with Gasteiger partial charge in [0.05, 0.1) is 5.75 Å². The molecule has 0 amide bonds. The summed E-state index contributed by atoms with van der Waals surface area (Å²) in [5.41, 5.74) is 5.58. The summed E-state index contributed by atoms with van der Waals surface area (Å²) in [4.78, 5) is 4.48. The highest BCUT2D eigenvalue weighted by Gasteiger charge is 2.43. The number of halogens is 1. The number of fused-ring (bicyclic) bond motifs is 1. The Hall–Kier alpha value is -1.47. The Morgan fingerprint density at radius 2 is 2.19 bits per heavy atom. The molecule has 2 aliphatic heterocycles. The van der Waals surface area contributed by atoms with E-state index in [1.165, 1.54) is 6.07 Å². The Bertz CT molecular complexity index is 635. The lowest BCUT2D eigenvalue weighted by molar-refractivity contribution is 0.459. The number of rotatable bonds is 1. The molecule has 0 spiro atoms. The molecule has 1 atom stereocenters. The molecule has 1 aromatic rings. The molecule has 1 saturated heterocycles. The van der Waals surface area contributed by atoms with E-state index >= 15 is 0 Å². The maximum atomic E-state index is 14.1. The van der Waals surface area contributed by atoms with E-state index in [-0.39, 0.29) is 17.5 Å². The predicted octanol–water partition coefficient (Wildman–Crippen LogP) is 0.901. The smallest absolute Gasteiger partial charge is 0.203 e. The fourth-order valence-electron chi connectivity index (χ4n) is 3.12. The number of hydrogen-bond acceptors (Lipinski definition) is 3. The number of nitrogens with one attached hydrogen (secondary N) is 1. The first-order valence-corrected chi connectivity index (χ1v) is 9.02. The van der Waals surface area contributed by atoms with Gasteiger partial charge in [0.2, 0.25) is 5.96 Å². The average molecular weight is 312 g/mol. The van der Waals surface area contributed by atoms with Crippen LogP contribution in [0.25, 0.3) is 0 Å². The summed E-state index contributed by atoms with van der Waals surface area (Å²) in [6.45, 7) is 3.11. The van der Waals surface area contributed by atoms with Gasteiger partial charge in [-0.05, 0) is 25.8 Å². The number of guanidine groups is 1. The zero-order valence-corrected chi connectivity index (χ0v) is 12.9. The van der Waals surface area contributed by atoms with Crippen LogP contribution >= 0.6 is 0 Å². The van der Waals surface area contributed by atoms with Gasteiger partial charge in [-0.25, -0.2) is 14.1 Å². The molecule has 2 heterocycles. The monoisotopic (exact) mass is 312 g/mol. The molecule has 116 valence electrons. The largest absolute Gasteiger partial charge is 0.369 e. The molecule has 7 heteroatoms. The van der Waals surface area contributed by atoms with Crippen LogP contribution in [-0.4, -0.2) is 33.3 Å². The van der Waals surface area contributed by atoms with E-state index in [0.29, 0.717) is 18.7 Å². The van der Waals surface area contributed by atoms with Crippen molar-refractivity contribution < 1.29 is 8.60 Å². The number of thiol groups is 1. The predicted molar refractivity (Wildman–Crippen MR) is 83.7 cm³/mol. The van der Waals surface area contributed by atoms with Gasteiger partial charge in [-0.3, -0.25) is 8.51 Å². The van der Waals surface area contributed by atoms with Gasteiger partial charge in [-0.1, -0.05) is 18.2 Å². The molecule has 0 radical (unpaired) electrons. The zero-order valence-electron chi connectivity index (χ0n) is 12.1.